The van der Waals surface area contributed by atoms with Gasteiger partial charge in [-0.15, -0.1) is 0 Å². The van der Waals surface area contributed by atoms with Crippen LogP contribution in [0.4, 0.5) is 0 Å². The summed E-state index contributed by atoms with van der Waals surface area (Å²) in [5.74, 6) is 0.763. The van der Waals surface area contributed by atoms with E-state index in [4.69, 9.17) is 4.74 Å². The van der Waals surface area contributed by atoms with Crippen LogP contribution < -0.4 is 10.1 Å². The summed E-state index contributed by atoms with van der Waals surface area (Å²) in [5, 5.41) is 3.61. The second-order valence-electron chi connectivity index (χ2n) is 8.87. The molecule has 1 aromatic rings. The Balaban J connectivity index is 1.74. The molecule has 1 aliphatic rings. The predicted molar refractivity (Wildman–Crippen MR) is 92.3 cm³/mol. The van der Waals surface area contributed by atoms with Gasteiger partial charge in [-0.3, -0.25) is 0 Å². The van der Waals surface area contributed by atoms with E-state index in [0.717, 1.165) is 25.1 Å². The highest BCUT2D eigenvalue weighted by molar-refractivity contribution is 5.18. The molecule has 0 radical (unpaired) electrons. The third kappa shape index (κ3) is 5.96. The second-order valence-corrected chi connectivity index (χ2v) is 8.87. The van der Waals surface area contributed by atoms with Gasteiger partial charge in [0.15, 0.2) is 0 Å². The third-order valence-corrected chi connectivity index (χ3v) is 3.98. The molecule has 3 nitrogen and oxygen atoms in total. The van der Waals surface area contributed by atoms with Crippen molar-refractivity contribution in [2.24, 2.45) is 5.41 Å². The first kappa shape index (κ1) is 17.3. The van der Waals surface area contributed by atoms with Crippen LogP contribution in [-0.4, -0.2) is 22.7 Å². The van der Waals surface area contributed by atoms with E-state index >= 15 is 0 Å². The summed E-state index contributed by atoms with van der Waals surface area (Å²) in [6.07, 6.45) is 6.68. The second kappa shape index (κ2) is 6.57. The highest BCUT2D eigenvalue weighted by atomic mass is 16.5. The number of nitrogens with zero attached hydrogens (tertiary/aromatic N) is 1. The van der Waals surface area contributed by atoms with Gasteiger partial charge in [0.1, 0.15) is 6.10 Å². The molecule has 124 valence electrons. The molecule has 1 N–H and O–H groups in total. The van der Waals surface area contributed by atoms with Crippen molar-refractivity contribution >= 4 is 0 Å². The Morgan fingerprint density at radius 2 is 1.82 bits per heavy atom. The number of rotatable bonds is 5. The van der Waals surface area contributed by atoms with Gasteiger partial charge in [0.05, 0.1) is 0 Å². The van der Waals surface area contributed by atoms with Crippen molar-refractivity contribution in [3.8, 4) is 5.88 Å². The summed E-state index contributed by atoms with van der Waals surface area (Å²) in [6.45, 7) is 13.4. The normalized spacial score (nSPS) is 22.3. The highest BCUT2D eigenvalue weighted by Gasteiger charge is 2.33. The maximum absolute atomic E-state index is 5.94. The van der Waals surface area contributed by atoms with Crippen molar-refractivity contribution in [2.75, 3.05) is 0 Å². The molecule has 0 aromatic carbocycles. The third-order valence-electron chi connectivity index (χ3n) is 3.98. The molecule has 2 rings (SSSR count). The number of nitrogens with one attached hydrogen (secondary N) is 1. The summed E-state index contributed by atoms with van der Waals surface area (Å²) in [5.41, 5.74) is 1.85. The van der Waals surface area contributed by atoms with Gasteiger partial charge in [-0.25, -0.2) is 4.98 Å². The van der Waals surface area contributed by atoms with E-state index in [9.17, 15) is 0 Å². The lowest BCUT2D eigenvalue weighted by Crippen LogP contribution is -2.53. The molecule has 1 saturated carbocycles. The van der Waals surface area contributed by atoms with Gasteiger partial charge in [-0.1, -0.05) is 26.8 Å². The molecule has 0 atom stereocenters. The molecule has 0 unspecified atom stereocenters. The molecular weight excluding hydrogens is 272 g/mol. The molecule has 0 bridgehead atoms. The molecule has 1 fully saturated rings. The monoisotopic (exact) mass is 304 g/mol. The van der Waals surface area contributed by atoms with E-state index in [-0.39, 0.29) is 5.54 Å². The van der Waals surface area contributed by atoms with E-state index in [0.29, 0.717) is 17.6 Å². The number of ether oxygens (including phenoxy) is 1. The molecule has 1 aromatic heterocycles. The quantitative estimate of drug-likeness (QED) is 0.877. The number of hydrogen-bond donors (Lipinski definition) is 1. The van der Waals surface area contributed by atoms with Crippen molar-refractivity contribution in [2.45, 2.75) is 84.9 Å². The van der Waals surface area contributed by atoms with Crippen LogP contribution >= 0.6 is 0 Å². The van der Waals surface area contributed by atoms with E-state index in [2.05, 4.69) is 57.9 Å². The highest BCUT2D eigenvalue weighted by Crippen LogP contribution is 2.27. The SMILES string of the molecule is CC(C)(C)CCc1ccc(OC2CC(NC(C)(C)C)C2)nc1. The minimum atomic E-state index is 0.183. The van der Waals surface area contributed by atoms with Crippen LogP contribution in [0.2, 0.25) is 0 Å². The topological polar surface area (TPSA) is 34.1 Å². The standard InChI is InChI=1S/C19H32N2O/c1-18(2,3)10-9-14-7-8-17(20-13-14)22-16-11-15(12-16)21-19(4,5)6/h7-8,13,15-16,21H,9-12H2,1-6H3. The van der Waals surface area contributed by atoms with Gasteiger partial charge >= 0.3 is 0 Å². The zero-order chi connectivity index (χ0) is 16.4. The number of pyridine rings is 1. The Bertz CT molecular complexity index is 462. The first-order chi connectivity index (χ1) is 10.1. The Morgan fingerprint density at radius 1 is 1.14 bits per heavy atom. The first-order valence-electron chi connectivity index (χ1n) is 8.50. The van der Waals surface area contributed by atoms with Gasteiger partial charge in [0.25, 0.3) is 0 Å². The molecule has 0 amide bonds. The summed E-state index contributed by atoms with van der Waals surface area (Å²) >= 11 is 0. The maximum Gasteiger partial charge on any atom is 0.213 e. The fraction of sp³-hybridized carbons (Fsp3) is 0.737. The number of aryl methyl sites for hydroxylation is 1. The van der Waals surface area contributed by atoms with Crippen LogP contribution in [-0.2, 0) is 6.42 Å². The van der Waals surface area contributed by atoms with Gasteiger partial charge < -0.3 is 10.1 Å². The van der Waals surface area contributed by atoms with E-state index in [1.165, 1.54) is 12.0 Å². The maximum atomic E-state index is 5.94. The Hall–Kier alpha value is -1.09. The lowest BCUT2D eigenvalue weighted by atomic mass is 9.87. The Labute approximate surface area is 135 Å². The van der Waals surface area contributed by atoms with Crippen LogP contribution in [0.5, 0.6) is 5.88 Å². The zero-order valence-corrected chi connectivity index (χ0v) is 15.1. The van der Waals surface area contributed by atoms with Crippen LogP contribution in [0, 0.1) is 5.41 Å². The molecule has 0 aliphatic heterocycles. The Kier molecular flexibility index (Phi) is 5.16. The minimum Gasteiger partial charge on any atom is -0.474 e. The van der Waals surface area contributed by atoms with Gasteiger partial charge in [0, 0.05) is 23.8 Å². The zero-order valence-electron chi connectivity index (χ0n) is 15.1. The van der Waals surface area contributed by atoms with Crippen LogP contribution in [0.3, 0.4) is 0 Å². The molecule has 0 spiro atoms. The molecular formula is C19H32N2O. The average molecular weight is 304 g/mol. The molecule has 0 saturated heterocycles. The lowest BCUT2D eigenvalue weighted by Gasteiger charge is -2.39. The van der Waals surface area contributed by atoms with Gasteiger partial charge in [-0.2, -0.15) is 0 Å². The van der Waals surface area contributed by atoms with Gasteiger partial charge in [-0.05, 0) is 57.4 Å². The summed E-state index contributed by atoms with van der Waals surface area (Å²) in [6, 6.07) is 4.75. The van der Waals surface area contributed by atoms with Crippen molar-refractivity contribution in [1.82, 2.24) is 10.3 Å². The largest absolute Gasteiger partial charge is 0.474 e. The molecule has 1 heterocycles. The minimum absolute atomic E-state index is 0.183. The van der Waals surface area contributed by atoms with E-state index in [1.54, 1.807) is 0 Å². The van der Waals surface area contributed by atoms with E-state index < -0.39 is 0 Å². The van der Waals surface area contributed by atoms with Crippen molar-refractivity contribution in [3.05, 3.63) is 23.9 Å². The fourth-order valence-corrected chi connectivity index (χ4v) is 2.71. The molecule has 3 heteroatoms. The van der Waals surface area contributed by atoms with E-state index in [1.807, 2.05) is 12.3 Å². The average Bonchev–Trinajstić information content (AvgIpc) is 2.33. The molecule has 22 heavy (non-hydrogen) atoms. The van der Waals surface area contributed by atoms with Crippen molar-refractivity contribution in [3.63, 3.8) is 0 Å². The Morgan fingerprint density at radius 3 is 2.32 bits per heavy atom. The van der Waals surface area contributed by atoms with Gasteiger partial charge in [0.2, 0.25) is 5.88 Å². The number of aromatic nitrogens is 1. The summed E-state index contributed by atoms with van der Waals surface area (Å²) < 4.78 is 5.94. The van der Waals surface area contributed by atoms with Crippen LogP contribution in [0.15, 0.2) is 18.3 Å². The van der Waals surface area contributed by atoms with Crippen LogP contribution in [0.1, 0.15) is 66.4 Å². The summed E-state index contributed by atoms with van der Waals surface area (Å²) in [4.78, 5) is 4.46. The smallest absolute Gasteiger partial charge is 0.213 e. The predicted octanol–water partition coefficient (Wildman–Crippen LogP) is 4.36. The lowest BCUT2D eigenvalue weighted by molar-refractivity contribution is 0.0694. The number of hydrogen-bond acceptors (Lipinski definition) is 3. The summed E-state index contributed by atoms with van der Waals surface area (Å²) in [7, 11) is 0. The van der Waals surface area contributed by atoms with Crippen LogP contribution in [0.25, 0.3) is 0 Å². The fourth-order valence-electron chi connectivity index (χ4n) is 2.71. The first-order valence-corrected chi connectivity index (χ1v) is 8.50. The van der Waals surface area contributed by atoms with Crippen molar-refractivity contribution < 1.29 is 4.74 Å². The molecule has 1 aliphatic carbocycles. The van der Waals surface area contributed by atoms with Crippen molar-refractivity contribution in [1.29, 1.82) is 0 Å².